The van der Waals surface area contributed by atoms with Crippen LogP contribution >= 0.6 is 23.2 Å². The minimum absolute atomic E-state index is 0.0648. The summed E-state index contributed by atoms with van der Waals surface area (Å²) in [5.41, 5.74) is 0.951. The van der Waals surface area contributed by atoms with E-state index in [2.05, 4.69) is 39.0 Å². The summed E-state index contributed by atoms with van der Waals surface area (Å²) < 4.78 is 17.8. The molecule has 4 fully saturated rings. The molecule has 8 heteroatoms. The van der Waals surface area contributed by atoms with E-state index in [1.54, 1.807) is 0 Å². The van der Waals surface area contributed by atoms with Crippen molar-refractivity contribution in [3.63, 3.8) is 0 Å². The average molecular weight is 686 g/mol. The van der Waals surface area contributed by atoms with Gasteiger partial charge in [0.25, 0.3) is 0 Å². The number of ether oxygens (including phenoxy) is 3. The van der Waals surface area contributed by atoms with E-state index in [0.29, 0.717) is 36.0 Å². The normalized spacial score (nSPS) is 35.2. The molecule has 0 N–H and O–H groups in total. The molecule has 6 rings (SSSR count). The molecule has 0 heterocycles. The zero-order valence-corrected chi connectivity index (χ0v) is 29.6. The Kier molecular flexibility index (Phi) is 10.5. The Balaban J connectivity index is 1.13. The van der Waals surface area contributed by atoms with Gasteiger partial charge in [0.15, 0.2) is 0 Å². The number of halogens is 2. The van der Waals surface area contributed by atoms with Crippen LogP contribution in [0.3, 0.4) is 0 Å². The van der Waals surface area contributed by atoms with E-state index in [0.717, 1.165) is 74.1 Å². The van der Waals surface area contributed by atoms with E-state index in [1.807, 2.05) is 24.3 Å². The number of fused-ring (bicyclic) bond motifs is 6. The Morgan fingerprint density at radius 1 is 0.851 bits per heavy atom. The lowest BCUT2D eigenvalue weighted by Crippen LogP contribution is -2.59. The van der Waals surface area contributed by atoms with Gasteiger partial charge < -0.3 is 14.2 Å². The molecular weight excluding hydrogens is 635 g/mol. The van der Waals surface area contributed by atoms with Crippen LogP contribution in [0.15, 0.2) is 42.5 Å². The number of esters is 3. The van der Waals surface area contributed by atoms with Crippen LogP contribution in [0.5, 0.6) is 0 Å². The predicted octanol–water partition coefficient (Wildman–Crippen LogP) is 8.87. The number of carbonyl (C=O) groups excluding carboxylic acids is 3. The number of hydrogen-bond donors (Lipinski definition) is 0. The summed E-state index contributed by atoms with van der Waals surface area (Å²) in [6.07, 6.45) is 8.88. The van der Waals surface area contributed by atoms with Crippen LogP contribution in [0.1, 0.15) is 90.5 Å². The van der Waals surface area contributed by atoms with Crippen LogP contribution in [-0.2, 0) is 35.2 Å². The topological polar surface area (TPSA) is 78.9 Å². The molecule has 2 aromatic rings. The van der Waals surface area contributed by atoms with Crippen molar-refractivity contribution in [1.82, 2.24) is 0 Å². The second kappa shape index (κ2) is 14.3. The molecule has 0 aromatic heterocycles. The van der Waals surface area contributed by atoms with Crippen LogP contribution in [0, 0.1) is 46.3 Å². The zero-order valence-electron chi connectivity index (χ0n) is 28.1. The Hall–Kier alpha value is -2.31. The second-order valence-electron chi connectivity index (χ2n) is 15.4. The van der Waals surface area contributed by atoms with E-state index in [-0.39, 0.29) is 65.2 Å². The lowest BCUT2D eigenvalue weighted by atomic mass is 9.43. The summed E-state index contributed by atoms with van der Waals surface area (Å²) in [6, 6.07) is 14.3. The van der Waals surface area contributed by atoms with Crippen LogP contribution in [0.25, 0.3) is 10.8 Å². The smallest absolute Gasteiger partial charge is 0.321 e. The highest BCUT2D eigenvalue weighted by Gasteiger charge is 2.65. The van der Waals surface area contributed by atoms with Crippen molar-refractivity contribution in [3.05, 3.63) is 48.0 Å². The Labute approximate surface area is 289 Å². The number of rotatable bonds is 10. The van der Waals surface area contributed by atoms with E-state index in [1.165, 1.54) is 0 Å². The zero-order chi connectivity index (χ0) is 33.3. The lowest BCUT2D eigenvalue weighted by Gasteiger charge is -2.62. The lowest BCUT2D eigenvalue weighted by molar-refractivity contribution is -0.197. The number of hydrogen-bond acceptors (Lipinski definition) is 6. The van der Waals surface area contributed by atoms with Gasteiger partial charge in [-0.3, -0.25) is 14.4 Å². The highest BCUT2D eigenvalue weighted by atomic mass is 35.5. The fourth-order valence-electron chi connectivity index (χ4n) is 11.0. The minimum Gasteiger partial charge on any atom is -0.461 e. The maximum atomic E-state index is 13.0. The molecule has 4 aliphatic rings. The molecular formula is C39H50Cl2O6. The molecule has 0 aliphatic heterocycles. The number of carbonyl (C=O) groups is 3. The first-order valence-corrected chi connectivity index (χ1v) is 18.8. The molecule has 0 spiro atoms. The molecule has 0 unspecified atom stereocenters. The van der Waals surface area contributed by atoms with E-state index >= 15 is 0 Å². The maximum Gasteiger partial charge on any atom is 0.321 e. The molecule has 4 saturated carbocycles. The molecule has 10 atom stereocenters. The van der Waals surface area contributed by atoms with Gasteiger partial charge in [-0.15, -0.1) is 23.2 Å². The van der Waals surface area contributed by atoms with Crippen molar-refractivity contribution < 1.29 is 28.6 Å². The standard InChI is InChI=1S/C39H50Cl2O6/c1-24(11-16-35(42)45-23-26-9-6-8-25-7-4-5-10-29(25)26)31-14-15-32-30-13-12-27-19-28(46-36(43)21-40)17-18-38(27,2)33(30)20-34(39(31,32)3)47-37(44)22-41/h4-10,24,27-28,30-34H,11-23H2,1-3H3/t24-,27-,28-,30+,31-,32+,33+,34+,38+,39-/m1/s1. The third kappa shape index (κ3) is 6.67. The van der Waals surface area contributed by atoms with Gasteiger partial charge in [0, 0.05) is 11.8 Å². The second-order valence-corrected chi connectivity index (χ2v) is 15.9. The summed E-state index contributed by atoms with van der Waals surface area (Å²) in [5, 5.41) is 2.25. The van der Waals surface area contributed by atoms with Crippen molar-refractivity contribution in [1.29, 1.82) is 0 Å². The highest BCUT2D eigenvalue weighted by molar-refractivity contribution is 6.26. The fourth-order valence-corrected chi connectivity index (χ4v) is 11.1. The molecule has 47 heavy (non-hydrogen) atoms. The van der Waals surface area contributed by atoms with Crippen molar-refractivity contribution >= 4 is 51.9 Å². The SMILES string of the molecule is C[C@H](CCC(=O)OCc1cccc2ccccc12)[C@H]1CC[C@H]2[C@@H]3CC[C@@H]4C[C@H](OC(=O)CCl)CC[C@]4(C)[C@H]3C[C@H](OC(=O)CCl)[C@]12C. The van der Waals surface area contributed by atoms with Gasteiger partial charge in [0.2, 0.25) is 0 Å². The van der Waals surface area contributed by atoms with Crippen molar-refractivity contribution in [2.75, 3.05) is 11.8 Å². The molecule has 0 radical (unpaired) electrons. The van der Waals surface area contributed by atoms with E-state index in [4.69, 9.17) is 37.4 Å². The van der Waals surface area contributed by atoms with Gasteiger partial charge in [-0.2, -0.15) is 0 Å². The summed E-state index contributed by atoms with van der Waals surface area (Å²) in [6.45, 7) is 7.34. The molecule has 256 valence electrons. The van der Waals surface area contributed by atoms with E-state index in [9.17, 15) is 14.4 Å². The number of alkyl halides is 2. The van der Waals surface area contributed by atoms with Crippen LogP contribution in [-0.4, -0.2) is 41.9 Å². The fraction of sp³-hybridized carbons (Fsp3) is 0.667. The Morgan fingerprint density at radius 2 is 1.60 bits per heavy atom. The van der Waals surface area contributed by atoms with Crippen molar-refractivity contribution in [2.24, 2.45) is 46.3 Å². The molecule has 2 aromatic carbocycles. The maximum absolute atomic E-state index is 13.0. The quantitative estimate of drug-likeness (QED) is 0.141. The molecule has 0 bridgehead atoms. The summed E-state index contributed by atoms with van der Waals surface area (Å²) in [7, 11) is 0. The summed E-state index contributed by atoms with van der Waals surface area (Å²) in [4.78, 5) is 37.7. The van der Waals surface area contributed by atoms with Gasteiger partial charge in [-0.05, 0) is 115 Å². The average Bonchev–Trinajstić information content (AvgIpc) is 3.44. The minimum atomic E-state index is -0.348. The van der Waals surface area contributed by atoms with Gasteiger partial charge in [-0.25, -0.2) is 0 Å². The van der Waals surface area contributed by atoms with Crippen molar-refractivity contribution in [3.8, 4) is 0 Å². The summed E-state index contributed by atoms with van der Waals surface area (Å²) in [5.74, 6) is 1.43. The first-order valence-electron chi connectivity index (χ1n) is 17.7. The molecule has 4 aliphatic carbocycles. The van der Waals surface area contributed by atoms with Crippen molar-refractivity contribution in [2.45, 2.75) is 104 Å². The summed E-state index contributed by atoms with van der Waals surface area (Å²) >= 11 is 11.8. The van der Waals surface area contributed by atoms with Gasteiger partial charge >= 0.3 is 17.9 Å². The third-order valence-electron chi connectivity index (χ3n) is 13.3. The number of benzene rings is 2. The van der Waals surface area contributed by atoms with E-state index < -0.39 is 0 Å². The largest absolute Gasteiger partial charge is 0.461 e. The molecule has 0 saturated heterocycles. The highest BCUT2D eigenvalue weighted by Crippen LogP contribution is 2.69. The molecule has 6 nitrogen and oxygen atoms in total. The predicted molar refractivity (Wildman–Crippen MR) is 184 cm³/mol. The molecule has 0 amide bonds. The first kappa shape index (κ1) is 34.5. The van der Waals surface area contributed by atoms with Crippen LogP contribution in [0.4, 0.5) is 0 Å². The Morgan fingerprint density at radius 3 is 2.38 bits per heavy atom. The Bertz CT molecular complexity index is 1460. The third-order valence-corrected chi connectivity index (χ3v) is 13.7. The first-order chi connectivity index (χ1) is 22.6. The van der Waals surface area contributed by atoms with Crippen LogP contribution in [0.2, 0.25) is 0 Å². The van der Waals surface area contributed by atoms with Gasteiger partial charge in [-0.1, -0.05) is 63.2 Å². The van der Waals surface area contributed by atoms with Crippen LogP contribution < -0.4 is 0 Å². The monoisotopic (exact) mass is 684 g/mol. The van der Waals surface area contributed by atoms with Gasteiger partial charge in [0.1, 0.15) is 30.6 Å². The van der Waals surface area contributed by atoms with Gasteiger partial charge in [0.05, 0.1) is 0 Å².